The zero-order chi connectivity index (χ0) is 33.3. The van der Waals surface area contributed by atoms with E-state index in [2.05, 4.69) is 80.7 Å². The second-order valence-corrected chi connectivity index (χ2v) is 12.4. The van der Waals surface area contributed by atoms with Gasteiger partial charge in [-0.2, -0.15) is 0 Å². The monoisotopic (exact) mass is 650 g/mol. The van der Waals surface area contributed by atoms with Crippen LogP contribution in [0.5, 0.6) is 0 Å². The number of allylic oxidation sites excluding steroid dienone is 10. The van der Waals surface area contributed by atoms with Crippen LogP contribution in [0.4, 0.5) is 0 Å². The molecule has 1 N–H and O–H groups in total. The lowest BCUT2D eigenvalue weighted by Gasteiger charge is -2.08. The fourth-order valence-electron chi connectivity index (χ4n) is 3.05. The Bertz CT molecular complexity index is 1310. The van der Waals surface area contributed by atoms with Crippen LogP contribution in [-0.4, -0.2) is 18.0 Å². The molecule has 1 atom stereocenters. The van der Waals surface area contributed by atoms with Crippen molar-refractivity contribution >= 4 is 46.9 Å². The Morgan fingerprint density at radius 3 is 2.11 bits per heavy atom. The van der Waals surface area contributed by atoms with Crippen LogP contribution in [0.3, 0.4) is 0 Å². The Morgan fingerprint density at radius 2 is 1.59 bits per heavy atom. The summed E-state index contributed by atoms with van der Waals surface area (Å²) in [5.74, 6) is 0. The van der Waals surface area contributed by atoms with E-state index in [0.29, 0.717) is 15.3 Å². The number of rotatable bonds is 13. The van der Waals surface area contributed by atoms with Gasteiger partial charge in [-0.05, 0) is 96.4 Å². The molecular weight excluding hydrogens is 599 g/mol. The molecule has 0 spiro atoms. The van der Waals surface area contributed by atoms with Gasteiger partial charge in [-0.1, -0.05) is 109 Å². The van der Waals surface area contributed by atoms with E-state index in [-0.39, 0.29) is 0 Å². The summed E-state index contributed by atoms with van der Waals surface area (Å²) in [5, 5.41) is 5.05. The standard InChI is InChI=1S/C17H20Cl2N2.C13H18S.C9H14/c1-4-13(3)7-6-10-21-17(12-20-5-2)15-9-8-14(18)11-16(15)19;1-4-6-12-7-9-13(10-8-12)14-11(3)5-2;1-5-9(4)7-6-8(2)3/h4,6-12,20H,5H2,1-3H3;4,7-11H,1,5-6H2,2-3H3;5-7H,2H2,1,3-4H3/b7-6+,13-4+,17-12-,21-10-;;7-6-,9-5-. The van der Waals surface area contributed by atoms with Crippen LogP contribution in [0.2, 0.25) is 10.0 Å². The number of nitrogens with zero attached hydrogens (tertiary/aromatic N) is 1. The van der Waals surface area contributed by atoms with E-state index in [4.69, 9.17) is 23.2 Å². The van der Waals surface area contributed by atoms with Gasteiger partial charge in [-0.15, -0.1) is 18.3 Å². The largest absolute Gasteiger partial charge is 0.389 e. The average Bonchev–Trinajstić information content (AvgIpc) is 3.01. The number of benzene rings is 2. The number of thioether (sulfide) groups is 1. The lowest BCUT2D eigenvalue weighted by molar-refractivity contribution is 0.905. The van der Waals surface area contributed by atoms with Gasteiger partial charge in [0, 0.05) is 39.7 Å². The Morgan fingerprint density at radius 1 is 0.955 bits per heavy atom. The molecule has 2 rings (SSSR count). The Hall–Kier alpha value is -2.98. The van der Waals surface area contributed by atoms with Crippen molar-refractivity contribution < 1.29 is 0 Å². The number of hydrogen-bond acceptors (Lipinski definition) is 3. The van der Waals surface area contributed by atoms with Gasteiger partial charge in [0.2, 0.25) is 0 Å². The highest BCUT2D eigenvalue weighted by atomic mass is 35.5. The molecule has 5 heteroatoms. The molecule has 0 aliphatic carbocycles. The first kappa shape index (κ1) is 41.0. The molecule has 0 saturated carbocycles. The number of aliphatic imine (C=N–C) groups is 1. The molecule has 2 aromatic carbocycles. The van der Waals surface area contributed by atoms with Crippen molar-refractivity contribution in [1.29, 1.82) is 0 Å². The van der Waals surface area contributed by atoms with Crippen LogP contribution in [0, 0.1) is 0 Å². The molecule has 2 aromatic rings. The molecular formula is C39H52Cl2N2S. The molecule has 0 amide bonds. The maximum Gasteiger partial charge on any atom is 0.0873 e. The second kappa shape index (κ2) is 25.4. The van der Waals surface area contributed by atoms with Crippen molar-refractivity contribution in [3.8, 4) is 0 Å². The Kier molecular flexibility index (Phi) is 23.6. The predicted octanol–water partition coefficient (Wildman–Crippen LogP) is 12.9. The highest BCUT2D eigenvalue weighted by molar-refractivity contribution is 7.99. The molecule has 0 radical (unpaired) electrons. The molecule has 0 aliphatic rings. The van der Waals surface area contributed by atoms with Crippen LogP contribution in [-0.2, 0) is 6.42 Å². The molecule has 0 fully saturated rings. The van der Waals surface area contributed by atoms with E-state index >= 15 is 0 Å². The minimum Gasteiger partial charge on any atom is -0.389 e. The lowest BCUT2D eigenvalue weighted by Crippen LogP contribution is -2.03. The first-order valence-corrected chi connectivity index (χ1v) is 16.7. The molecule has 0 heterocycles. The number of hydrogen-bond donors (Lipinski definition) is 1. The summed E-state index contributed by atoms with van der Waals surface area (Å²) in [5.41, 5.74) is 6.50. The summed E-state index contributed by atoms with van der Waals surface area (Å²) in [4.78, 5) is 5.83. The average molecular weight is 652 g/mol. The Labute approximate surface area is 283 Å². The minimum atomic E-state index is 0.581. The smallest absolute Gasteiger partial charge is 0.0873 e. The van der Waals surface area contributed by atoms with E-state index in [1.54, 1.807) is 18.3 Å². The minimum absolute atomic E-state index is 0.581. The van der Waals surface area contributed by atoms with Crippen LogP contribution in [0.15, 0.2) is 131 Å². The van der Waals surface area contributed by atoms with Crippen molar-refractivity contribution in [1.82, 2.24) is 5.32 Å². The highest BCUT2D eigenvalue weighted by Gasteiger charge is 2.06. The molecule has 1 unspecified atom stereocenters. The second-order valence-electron chi connectivity index (χ2n) is 10.1. The van der Waals surface area contributed by atoms with Gasteiger partial charge in [-0.3, -0.25) is 4.99 Å². The summed E-state index contributed by atoms with van der Waals surface area (Å²) in [6.07, 6.45) is 19.8. The van der Waals surface area contributed by atoms with E-state index in [1.807, 2.05) is 89.0 Å². The SMILES string of the molecule is C/C=C(C)/C=C/C=N\C(=C/NCC)c1ccc(Cl)cc1Cl.C=C(C)/C=C\C(C)=C/C.C=CCc1ccc(SC(C)CC)cc1. The molecule has 0 bridgehead atoms. The van der Waals surface area contributed by atoms with Gasteiger partial charge in [0.25, 0.3) is 0 Å². The van der Waals surface area contributed by atoms with Crippen molar-refractivity contribution in [3.63, 3.8) is 0 Å². The van der Waals surface area contributed by atoms with Crippen molar-refractivity contribution in [2.24, 2.45) is 4.99 Å². The van der Waals surface area contributed by atoms with Crippen LogP contribution in [0.1, 0.15) is 72.9 Å². The van der Waals surface area contributed by atoms with Gasteiger partial charge < -0.3 is 5.32 Å². The molecule has 2 nitrogen and oxygen atoms in total. The van der Waals surface area contributed by atoms with E-state index in [0.717, 1.165) is 29.8 Å². The lowest BCUT2D eigenvalue weighted by atomic mass is 10.1. The molecule has 238 valence electrons. The van der Waals surface area contributed by atoms with E-state index < -0.39 is 0 Å². The summed E-state index contributed by atoms with van der Waals surface area (Å²) in [6, 6.07) is 14.2. The van der Waals surface area contributed by atoms with Crippen LogP contribution in [0.25, 0.3) is 5.70 Å². The summed E-state index contributed by atoms with van der Waals surface area (Å²) < 4.78 is 0. The zero-order valence-electron chi connectivity index (χ0n) is 28.0. The molecule has 0 aromatic heterocycles. The van der Waals surface area contributed by atoms with E-state index in [1.165, 1.54) is 28.0 Å². The molecule has 0 saturated heterocycles. The maximum absolute atomic E-state index is 6.23. The van der Waals surface area contributed by atoms with Gasteiger partial charge in [0.05, 0.1) is 10.7 Å². The molecule has 44 heavy (non-hydrogen) atoms. The first-order chi connectivity index (χ1) is 21.0. The normalized spacial score (nSPS) is 12.9. The van der Waals surface area contributed by atoms with Gasteiger partial charge >= 0.3 is 0 Å². The van der Waals surface area contributed by atoms with Crippen LogP contribution < -0.4 is 5.32 Å². The maximum atomic E-state index is 6.23. The summed E-state index contributed by atoms with van der Waals surface area (Å²) in [7, 11) is 0. The van der Waals surface area contributed by atoms with Gasteiger partial charge in [0.15, 0.2) is 0 Å². The van der Waals surface area contributed by atoms with Crippen LogP contribution >= 0.6 is 35.0 Å². The van der Waals surface area contributed by atoms with Gasteiger partial charge in [-0.25, -0.2) is 0 Å². The number of nitrogens with one attached hydrogen (secondary N) is 1. The predicted molar refractivity (Wildman–Crippen MR) is 205 cm³/mol. The number of halogens is 2. The van der Waals surface area contributed by atoms with Gasteiger partial charge in [0.1, 0.15) is 0 Å². The summed E-state index contributed by atoms with van der Waals surface area (Å²) >= 11 is 14.1. The highest BCUT2D eigenvalue weighted by Crippen LogP contribution is 2.27. The molecule has 0 aliphatic heterocycles. The quantitative estimate of drug-likeness (QED) is 0.101. The third-order valence-corrected chi connectivity index (χ3v) is 7.89. The fourth-order valence-corrected chi connectivity index (χ4v) is 4.48. The van der Waals surface area contributed by atoms with Crippen molar-refractivity contribution in [2.75, 3.05) is 6.54 Å². The topological polar surface area (TPSA) is 24.4 Å². The third-order valence-electron chi connectivity index (χ3n) is 6.07. The zero-order valence-corrected chi connectivity index (χ0v) is 30.3. The van der Waals surface area contributed by atoms with Crippen molar-refractivity contribution in [3.05, 3.63) is 142 Å². The van der Waals surface area contributed by atoms with E-state index in [9.17, 15) is 0 Å². The summed E-state index contributed by atoms with van der Waals surface area (Å²) in [6.45, 7) is 24.9. The Balaban J connectivity index is 0.000000692. The van der Waals surface area contributed by atoms with Crippen molar-refractivity contribution in [2.45, 2.75) is 78.4 Å². The first-order valence-electron chi connectivity index (χ1n) is 15.1. The fraction of sp³-hybridized carbons (Fsp3) is 0.308. The third kappa shape index (κ3) is 20.1.